The maximum atomic E-state index is 11.9. The van der Waals surface area contributed by atoms with Gasteiger partial charge in [-0.2, -0.15) is 0 Å². The smallest absolute Gasteiger partial charge is 0.253 e. The maximum absolute atomic E-state index is 11.9. The Morgan fingerprint density at radius 3 is 2.82 bits per heavy atom. The summed E-state index contributed by atoms with van der Waals surface area (Å²) in [6.07, 6.45) is 9.88. The number of carbonyl (C=O) groups is 1. The molecular formula is C16H18N4O2. The van der Waals surface area contributed by atoms with E-state index < -0.39 is 0 Å². The van der Waals surface area contributed by atoms with Crippen LogP contribution in [0.2, 0.25) is 0 Å². The standard InChI is InChI=1S/C16H18N4O2/c21-16(13-4-3-6-17-11-13)20-10-12-8-18-15(19-9-12)14-5-1-2-7-22-14/h3-4,6,8-9,11,14H,1-2,5,7,10H2,(H,20,21)/t14-/m0/s1. The average Bonchev–Trinajstić information content (AvgIpc) is 2.61. The summed E-state index contributed by atoms with van der Waals surface area (Å²) in [7, 11) is 0. The van der Waals surface area contributed by atoms with Crippen molar-refractivity contribution >= 4 is 5.91 Å². The van der Waals surface area contributed by atoms with Gasteiger partial charge in [-0.3, -0.25) is 9.78 Å². The molecule has 2 aromatic heterocycles. The van der Waals surface area contributed by atoms with Crippen molar-refractivity contribution in [3.8, 4) is 0 Å². The van der Waals surface area contributed by atoms with Gasteiger partial charge in [-0.1, -0.05) is 0 Å². The van der Waals surface area contributed by atoms with E-state index in [-0.39, 0.29) is 12.0 Å². The highest BCUT2D eigenvalue weighted by molar-refractivity contribution is 5.93. The summed E-state index contributed by atoms with van der Waals surface area (Å²) in [4.78, 5) is 24.6. The van der Waals surface area contributed by atoms with Crippen LogP contribution in [-0.4, -0.2) is 27.5 Å². The first kappa shape index (κ1) is 14.6. The molecule has 1 aliphatic heterocycles. The molecule has 2 aromatic rings. The molecule has 1 saturated heterocycles. The van der Waals surface area contributed by atoms with Crippen LogP contribution in [0.4, 0.5) is 0 Å². The predicted octanol–water partition coefficient (Wildman–Crippen LogP) is 2.04. The van der Waals surface area contributed by atoms with E-state index in [2.05, 4.69) is 20.3 Å². The zero-order valence-corrected chi connectivity index (χ0v) is 12.2. The van der Waals surface area contributed by atoms with Crippen LogP contribution < -0.4 is 5.32 Å². The second-order valence-electron chi connectivity index (χ2n) is 5.23. The monoisotopic (exact) mass is 298 g/mol. The number of pyridine rings is 1. The molecule has 1 atom stereocenters. The molecule has 0 unspecified atom stereocenters. The van der Waals surface area contributed by atoms with Gasteiger partial charge in [0.1, 0.15) is 6.10 Å². The van der Waals surface area contributed by atoms with Gasteiger partial charge in [0.05, 0.1) is 5.56 Å². The number of rotatable bonds is 4. The van der Waals surface area contributed by atoms with Gasteiger partial charge in [0, 0.05) is 43.5 Å². The Labute approximate surface area is 129 Å². The van der Waals surface area contributed by atoms with Gasteiger partial charge >= 0.3 is 0 Å². The molecule has 1 aliphatic rings. The normalized spacial score (nSPS) is 17.9. The second-order valence-corrected chi connectivity index (χ2v) is 5.23. The number of carbonyl (C=O) groups excluding carboxylic acids is 1. The van der Waals surface area contributed by atoms with Crippen LogP contribution in [0.1, 0.15) is 47.1 Å². The van der Waals surface area contributed by atoms with Gasteiger partial charge in [0.15, 0.2) is 5.82 Å². The molecule has 6 nitrogen and oxygen atoms in total. The molecule has 3 rings (SSSR count). The third-order valence-corrected chi connectivity index (χ3v) is 3.57. The Bertz CT molecular complexity index is 610. The summed E-state index contributed by atoms with van der Waals surface area (Å²) in [5.41, 5.74) is 1.40. The molecule has 1 fully saturated rings. The number of nitrogens with one attached hydrogen (secondary N) is 1. The molecule has 0 aliphatic carbocycles. The quantitative estimate of drug-likeness (QED) is 0.934. The van der Waals surface area contributed by atoms with Crippen molar-refractivity contribution in [3.05, 3.63) is 53.9 Å². The number of amides is 1. The van der Waals surface area contributed by atoms with Crippen LogP contribution in [0, 0.1) is 0 Å². The fraction of sp³-hybridized carbons (Fsp3) is 0.375. The first-order chi connectivity index (χ1) is 10.8. The first-order valence-electron chi connectivity index (χ1n) is 7.43. The summed E-state index contributed by atoms with van der Waals surface area (Å²) in [6, 6.07) is 3.46. The van der Waals surface area contributed by atoms with Crippen molar-refractivity contribution in [2.24, 2.45) is 0 Å². The molecule has 3 heterocycles. The largest absolute Gasteiger partial charge is 0.370 e. The Morgan fingerprint density at radius 1 is 1.27 bits per heavy atom. The van der Waals surface area contributed by atoms with Crippen molar-refractivity contribution in [1.82, 2.24) is 20.3 Å². The molecule has 6 heteroatoms. The second kappa shape index (κ2) is 7.09. The zero-order chi connectivity index (χ0) is 15.2. The molecule has 0 aromatic carbocycles. The maximum Gasteiger partial charge on any atom is 0.253 e. The van der Waals surface area contributed by atoms with Crippen molar-refractivity contribution < 1.29 is 9.53 Å². The summed E-state index contributed by atoms with van der Waals surface area (Å²) in [6.45, 7) is 1.16. The van der Waals surface area contributed by atoms with Crippen LogP contribution in [0.5, 0.6) is 0 Å². The topological polar surface area (TPSA) is 77.0 Å². The van der Waals surface area contributed by atoms with Gasteiger partial charge in [-0.15, -0.1) is 0 Å². The van der Waals surface area contributed by atoms with Crippen molar-refractivity contribution in [2.75, 3.05) is 6.61 Å². The highest BCUT2D eigenvalue weighted by atomic mass is 16.5. The highest BCUT2D eigenvalue weighted by Gasteiger charge is 2.18. The summed E-state index contributed by atoms with van der Waals surface area (Å²) >= 11 is 0. The fourth-order valence-corrected chi connectivity index (χ4v) is 2.35. The number of hydrogen-bond donors (Lipinski definition) is 1. The molecule has 1 amide bonds. The van der Waals surface area contributed by atoms with E-state index in [0.717, 1.165) is 37.3 Å². The third-order valence-electron chi connectivity index (χ3n) is 3.57. The molecule has 0 spiro atoms. The lowest BCUT2D eigenvalue weighted by atomic mass is 10.1. The summed E-state index contributed by atoms with van der Waals surface area (Å²) < 4.78 is 5.66. The van der Waals surface area contributed by atoms with E-state index in [1.807, 2.05) is 0 Å². The Hall–Kier alpha value is -2.34. The van der Waals surface area contributed by atoms with Crippen LogP contribution >= 0.6 is 0 Å². The van der Waals surface area contributed by atoms with Gasteiger partial charge in [-0.05, 0) is 31.4 Å². The highest BCUT2D eigenvalue weighted by Crippen LogP contribution is 2.24. The van der Waals surface area contributed by atoms with Crippen molar-refractivity contribution in [3.63, 3.8) is 0 Å². The van der Waals surface area contributed by atoms with Gasteiger partial charge in [0.25, 0.3) is 5.91 Å². The van der Waals surface area contributed by atoms with E-state index in [4.69, 9.17) is 4.74 Å². The SMILES string of the molecule is O=C(NCc1cnc([C@@H]2CCCCO2)nc1)c1cccnc1. The van der Waals surface area contributed by atoms with Crippen molar-refractivity contribution in [2.45, 2.75) is 31.9 Å². The lowest BCUT2D eigenvalue weighted by Crippen LogP contribution is -2.23. The van der Waals surface area contributed by atoms with Gasteiger partial charge < -0.3 is 10.1 Å². The molecule has 1 N–H and O–H groups in total. The minimum Gasteiger partial charge on any atom is -0.370 e. The third kappa shape index (κ3) is 3.65. The Balaban J connectivity index is 1.56. The van der Waals surface area contributed by atoms with E-state index >= 15 is 0 Å². The number of ether oxygens (including phenoxy) is 1. The van der Waals surface area contributed by atoms with Crippen LogP contribution in [0.3, 0.4) is 0 Å². The number of hydrogen-bond acceptors (Lipinski definition) is 5. The average molecular weight is 298 g/mol. The molecule has 0 saturated carbocycles. The molecule has 114 valence electrons. The number of aromatic nitrogens is 3. The molecular weight excluding hydrogens is 280 g/mol. The van der Waals surface area contributed by atoms with E-state index in [0.29, 0.717) is 12.1 Å². The zero-order valence-electron chi connectivity index (χ0n) is 12.2. The lowest BCUT2D eigenvalue weighted by molar-refractivity contribution is 0.00940. The molecule has 22 heavy (non-hydrogen) atoms. The van der Waals surface area contributed by atoms with Crippen LogP contribution in [-0.2, 0) is 11.3 Å². The van der Waals surface area contributed by atoms with E-state index in [1.54, 1.807) is 30.7 Å². The first-order valence-corrected chi connectivity index (χ1v) is 7.43. The molecule has 0 bridgehead atoms. The van der Waals surface area contributed by atoms with Gasteiger partial charge in [-0.25, -0.2) is 9.97 Å². The fourth-order valence-electron chi connectivity index (χ4n) is 2.35. The minimum absolute atomic E-state index is 0.00721. The van der Waals surface area contributed by atoms with Crippen LogP contribution in [0.15, 0.2) is 36.9 Å². The predicted molar refractivity (Wildman–Crippen MR) is 80.0 cm³/mol. The lowest BCUT2D eigenvalue weighted by Gasteiger charge is -2.21. The number of nitrogens with zero attached hydrogens (tertiary/aromatic N) is 3. The Morgan fingerprint density at radius 2 is 2.14 bits per heavy atom. The van der Waals surface area contributed by atoms with Crippen molar-refractivity contribution in [1.29, 1.82) is 0 Å². The Kier molecular flexibility index (Phi) is 4.70. The van der Waals surface area contributed by atoms with Crippen LogP contribution in [0.25, 0.3) is 0 Å². The summed E-state index contributed by atoms with van der Waals surface area (Å²) in [5, 5.41) is 2.82. The van der Waals surface area contributed by atoms with E-state index in [1.165, 1.54) is 6.20 Å². The van der Waals surface area contributed by atoms with E-state index in [9.17, 15) is 4.79 Å². The molecule has 0 radical (unpaired) electrons. The van der Waals surface area contributed by atoms with Gasteiger partial charge in [0.2, 0.25) is 0 Å². The summed E-state index contributed by atoms with van der Waals surface area (Å²) in [5.74, 6) is 0.565. The minimum atomic E-state index is -0.159.